The molecule has 0 saturated heterocycles. The zero-order chi connectivity index (χ0) is 20.5. The summed E-state index contributed by atoms with van der Waals surface area (Å²) in [5, 5.41) is 23.8. The molecule has 10 heteroatoms. The van der Waals surface area contributed by atoms with Crippen LogP contribution in [0.25, 0.3) is 0 Å². The maximum atomic E-state index is 12.1. The summed E-state index contributed by atoms with van der Waals surface area (Å²) in [4.78, 5) is 38.7. The second-order valence-corrected chi connectivity index (χ2v) is 5.31. The maximum absolute atomic E-state index is 12.1. The van der Waals surface area contributed by atoms with Crippen LogP contribution in [0.1, 0.15) is 45.9 Å². The van der Waals surface area contributed by atoms with Gasteiger partial charge in [-0.15, -0.1) is 0 Å². The summed E-state index contributed by atoms with van der Waals surface area (Å²) in [6.45, 7) is 4.78. The van der Waals surface area contributed by atoms with Crippen LogP contribution in [0.2, 0.25) is 0 Å². The number of nitrogens with zero attached hydrogens (tertiary/aromatic N) is 2. The SMILES string of the molecule is CC(=O)O.CC(=O)O.CCCC[C@H](N)C(=O)N(CCO)Cc1ncc[nH]1. The van der Waals surface area contributed by atoms with Crippen LogP contribution in [0.5, 0.6) is 0 Å². The monoisotopic (exact) mass is 374 g/mol. The van der Waals surface area contributed by atoms with E-state index in [0.29, 0.717) is 18.8 Å². The van der Waals surface area contributed by atoms with Gasteiger partial charge in [-0.3, -0.25) is 14.4 Å². The van der Waals surface area contributed by atoms with E-state index >= 15 is 0 Å². The van der Waals surface area contributed by atoms with Gasteiger partial charge < -0.3 is 30.9 Å². The van der Waals surface area contributed by atoms with Gasteiger partial charge in [0.1, 0.15) is 5.82 Å². The molecule has 0 bridgehead atoms. The molecule has 0 saturated carbocycles. The number of carbonyl (C=O) groups excluding carboxylic acids is 1. The van der Waals surface area contributed by atoms with Gasteiger partial charge >= 0.3 is 0 Å². The first kappa shape index (κ1) is 25.8. The maximum Gasteiger partial charge on any atom is 0.300 e. The molecule has 0 spiro atoms. The Bertz CT molecular complexity index is 487. The number of nitrogens with one attached hydrogen (secondary N) is 1. The number of aliphatic carboxylic acids is 2. The number of nitrogens with two attached hydrogens (primary N) is 1. The lowest BCUT2D eigenvalue weighted by Gasteiger charge is -2.24. The summed E-state index contributed by atoms with van der Waals surface area (Å²) in [7, 11) is 0. The van der Waals surface area contributed by atoms with Gasteiger partial charge in [0.15, 0.2) is 0 Å². The van der Waals surface area contributed by atoms with Crippen molar-refractivity contribution in [3.05, 3.63) is 18.2 Å². The van der Waals surface area contributed by atoms with Gasteiger partial charge in [0.05, 0.1) is 19.2 Å². The molecule has 0 aliphatic carbocycles. The Hall–Kier alpha value is -2.46. The fraction of sp³-hybridized carbons (Fsp3) is 0.625. The normalized spacial score (nSPS) is 10.5. The van der Waals surface area contributed by atoms with E-state index in [1.54, 1.807) is 17.3 Å². The molecule has 0 aliphatic rings. The average molecular weight is 374 g/mol. The Morgan fingerprint density at radius 3 is 2.19 bits per heavy atom. The minimum Gasteiger partial charge on any atom is -0.481 e. The van der Waals surface area contributed by atoms with Crippen LogP contribution in [0, 0.1) is 0 Å². The molecule has 1 atom stereocenters. The van der Waals surface area contributed by atoms with Gasteiger partial charge in [-0.25, -0.2) is 4.98 Å². The van der Waals surface area contributed by atoms with E-state index in [1.807, 2.05) is 0 Å². The molecule has 26 heavy (non-hydrogen) atoms. The van der Waals surface area contributed by atoms with Crippen molar-refractivity contribution in [2.45, 2.75) is 52.6 Å². The third-order valence-corrected chi connectivity index (χ3v) is 2.76. The highest BCUT2D eigenvalue weighted by atomic mass is 16.4. The van der Waals surface area contributed by atoms with Gasteiger partial charge in [0.2, 0.25) is 5.91 Å². The number of carboxylic acids is 2. The number of aromatic nitrogens is 2. The molecule has 1 aromatic rings. The Kier molecular flexibility index (Phi) is 15.9. The Morgan fingerprint density at radius 1 is 1.27 bits per heavy atom. The average Bonchev–Trinajstić information content (AvgIpc) is 3.03. The lowest BCUT2D eigenvalue weighted by Crippen LogP contribution is -2.44. The van der Waals surface area contributed by atoms with Crippen LogP contribution >= 0.6 is 0 Å². The van der Waals surface area contributed by atoms with E-state index in [4.69, 9.17) is 30.6 Å². The summed E-state index contributed by atoms with van der Waals surface area (Å²) in [6.07, 6.45) is 5.96. The number of carboxylic acid groups (broad SMARTS) is 2. The lowest BCUT2D eigenvalue weighted by molar-refractivity contribution is -0.135. The summed E-state index contributed by atoms with van der Waals surface area (Å²) in [5.74, 6) is -1.10. The highest BCUT2D eigenvalue weighted by Crippen LogP contribution is 2.05. The first-order valence-electron chi connectivity index (χ1n) is 8.18. The first-order chi connectivity index (χ1) is 12.1. The fourth-order valence-electron chi connectivity index (χ4n) is 1.74. The molecule has 6 N–H and O–H groups in total. The van der Waals surface area contributed by atoms with E-state index in [-0.39, 0.29) is 19.1 Å². The highest BCUT2D eigenvalue weighted by molar-refractivity contribution is 5.81. The molecule has 0 fully saturated rings. The van der Waals surface area contributed by atoms with Crippen LogP contribution in [-0.2, 0) is 20.9 Å². The third kappa shape index (κ3) is 16.4. The summed E-state index contributed by atoms with van der Waals surface area (Å²) < 4.78 is 0. The number of H-pyrrole nitrogens is 1. The first-order valence-corrected chi connectivity index (χ1v) is 8.18. The number of unbranched alkanes of at least 4 members (excludes halogenated alkanes) is 1. The van der Waals surface area contributed by atoms with E-state index in [1.165, 1.54) is 0 Å². The predicted molar refractivity (Wildman–Crippen MR) is 95.2 cm³/mol. The number of aromatic amines is 1. The van der Waals surface area contributed by atoms with Crippen molar-refractivity contribution in [1.82, 2.24) is 14.9 Å². The number of imidazole rings is 1. The number of hydrogen-bond donors (Lipinski definition) is 5. The number of aliphatic hydroxyl groups excluding tert-OH is 1. The van der Waals surface area contributed by atoms with Crippen LogP contribution in [0.4, 0.5) is 0 Å². The van der Waals surface area contributed by atoms with E-state index in [9.17, 15) is 4.79 Å². The van der Waals surface area contributed by atoms with Gasteiger partial charge in [-0.1, -0.05) is 19.8 Å². The molecule has 0 unspecified atom stereocenters. The van der Waals surface area contributed by atoms with E-state index in [0.717, 1.165) is 26.7 Å². The van der Waals surface area contributed by atoms with Crippen LogP contribution in [0.15, 0.2) is 12.4 Å². The number of amides is 1. The molecule has 1 aromatic heterocycles. The standard InChI is InChI=1S/C12H22N4O2.2C2H4O2/c1-2-3-4-10(13)12(18)16(7-8-17)9-11-14-5-6-15-11;2*1-2(3)4/h5-6,10,17H,2-4,7-9,13H2,1H3,(H,14,15);2*1H3,(H,3,4)/t10-;;/m0../s1. The summed E-state index contributed by atoms with van der Waals surface area (Å²) in [6, 6.07) is -0.494. The lowest BCUT2D eigenvalue weighted by atomic mass is 10.1. The predicted octanol–water partition coefficient (Wildman–Crippen LogP) is 0.430. The molecule has 1 rings (SSSR count). The Balaban J connectivity index is 0. The molecule has 1 heterocycles. The third-order valence-electron chi connectivity index (χ3n) is 2.76. The molecule has 0 aromatic carbocycles. The molecule has 1 amide bonds. The Labute approximate surface area is 153 Å². The van der Waals surface area contributed by atoms with Crippen LogP contribution in [-0.4, -0.2) is 67.2 Å². The largest absolute Gasteiger partial charge is 0.481 e. The van der Waals surface area contributed by atoms with Crippen molar-refractivity contribution >= 4 is 17.8 Å². The molecule has 0 radical (unpaired) electrons. The van der Waals surface area contributed by atoms with E-state index < -0.39 is 18.0 Å². The topological polar surface area (TPSA) is 170 Å². The smallest absolute Gasteiger partial charge is 0.300 e. The van der Waals surface area contributed by atoms with Crippen molar-refractivity contribution in [2.75, 3.05) is 13.2 Å². The second kappa shape index (κ2) is 16.0. The zero-order valence-electron chi connectivity index (χ0n) is 15.5. The number of aliphatic hydroxyl groups is 1. The van der Waals surface area contributed by atoms with Gasteiger partial charge in [0.25, 0.3) is 11.9 Å². The Morgan fingerprint density at radius 2 is 1.81 bits per heavy atom. The van der Waals surface area contributed by atoms with E-state index in [2.05, 4.69) is 16.9 Å². The zero-order valence-corrected chi connectivity index (χ0v) is 15.5. The van der Waals surface area contributed by atoms with Gasteiger partial charge in [-0.2, -0.15) is 0 Å². The molecule has 10 nitrogen and oxygen atoms in total. The number of carbonyl (C=O) groups is 3. The van der Waals surface area contributed by atoms with Gasteiger partial charge in [0, 0.05) is 32.8 Å². The summed E-state index contributed by atoms with van der Waals surface area (Å²) >= 11 is 0. The quantitative estimate of drug-likeness (QED) is 0.436. The highest BCUT2D eigenvalue weighted by Gasteiger charge is 2.20. The molecular formula is C16H30N4O6. The fourth-order valence-corrected chi connectivity index (χ4v) is 1.74. The van der Waals surface area contributed by atoms with Crippen LogP contribution < -0.4 is 5.73 Å². The van der Waals surface area contributed by atoms with Crippen molar-refractivity contribution in [1.29, 1.82) is 0 Å². The molecular weight excluding hydrogens is 344 g/mol. The van der Waals surface area contributed by atoms with Crippen molar-refractivity contribution in [3.8, 4) is 0 Å². The summed E-state index contributed by atoms with van der Waals surface area (Å²) in [5.41, 5.74) is 5.86. The molecule has 0 aliphatic heterocycles. The number of hydrogen-bond acceptors (Lipinski definition) is 6. The number of rotatable bonds is 8. The van der Waals surface area contributed by atoms with Crippen LogP contribution in [0.3, 0.4) is 0 Å². The second-order valence-electron chi connectivity index (χ2n) is 5.31. The van der Waals surface area contributed by atoms with Crippen molar-refractivity contribution < 1.29 is 29.7 Å². The van der Waals surface area contributed by atoms with Crippen molar-refractivity contribution in [3.63, 3.8) is 0 Å². The molecule has 150 valence electrons. The van der Waals surface area contributed by atoms with Crippen molar-refractivity contribution in [2.24, 2.45) is 5.73 Å². The minimum absolute atomic E-state index is 0.0764. The minimum atomic E-state index is -0.833. The van der Waals surface area contributed by atoms with Gasteiger partial charge in [-0.05, 0) is 6.42 Å².